The van der Waals surface area contributed by atoms with Crippen LogP contribution in [0.15, 0.2) is 12.8 Å². The zero-order valence-electron chi connectivity index (χ0n) is 6.62. The summed E-state index contributed by atoms with van der Waals surface area (Å²) in [5, 5.41) is 0. The third-order valence-corrected chi connectivity index (χ3v) is 1.56. The zero-order valence-corrected chi connectivity index (χ0v) is 6.62. The second-order valence-electron chi connectivity index (χ2n) is 2.39. The maximum absolute atomic E-state index is 5.39. The summed E-state index contributed by atoms with van der Waals surface area (Å²) in [5.74, 6) is 0. The van der Waals surface area contributed by atoms with Crippen LogP contribution in [0.1, 0.15) is 6.42 Å². The standard InChI is InChI=1S/C8H14O3/c1-2-9-4-3-8-7-10-5-6-11-8/h2,8H,1,3-7H2. The number of rotatable bonds is 4. The van der Waals surface area contributed by atoms with Crippen molar-refractivity contribution in [2.24, 2.45) is 0 Å². The molecule has 0 N–H and O–H groups in total. The molecule has 1 rings (SSSR count). The second-order valence-corrected chi connectivity index (χ2v) is 2.39. The van der Waals surface area contributed by atoms with Crippen molar-refractivity contribution in [2.45, 2.75) is 12.5 Å². The highest BCUT2D eigenvalue weighted by Crippen LogP contribution is 2.04. The largest absolute Gasteiger partial charge is 0.502 e. The minimum atomic E-state index is 0.212. The predicted molar refractivity (Wildman–Crippen MR) is 41.3 cm³/mol. The molecular weight excluding hydrogens is 144 g/mol. The first-order chi connectivity index (χ1) is 5.43. The Morgan fingerprint density at radius 1 is 1.55 bits per heavy atom. The lowest BCUT2D eigenvalue weighted by Gasteiger charge is -2.22. The van der Waals surface area contributed by atoms with Gasteiger partial charge >= 0.3 is 0 Å². The molecule has 11 heavy (non-hydrogen) atoms. The molecule has 1 heterocycles. The molecule has 1 fully saturated rings. The third kappa shape index (κ3) is 3.39. The van der Waals surface area contributed by atoms with Gasteiger partial charge in [-0.2, -0.15) is 0 Å². The lowest BCUT2D eigenvalue weighted by atomic mass is 10.2. The summed E-state index contributed by atoms with van der Waals surface area (Å²) in [6.45, 7) is 6.24. The van der Waals surface area contributed by atoms with Crippen molar-refractivity contribution >= 4 is 0 Å². The highest BCUT2D eigenvalue weighted by atomic mass is 16.6. The fraction of sp³-hybridized carbons (Fsp3) is 0.750. The predicted octanol–water partition coefficient (Wildman–Crippen LogP) is 0.952. The Balaban J connectivity index is 2.00. The molecule has 3 heteroatoms. The fourth-order valence-corrected chi connectivity index (χ4v) is 0.986. The van der Waals surface area contributed by atoms with Crippen LogP contribution in [0.5, 0.6) is 0 Å². The van der Waals surface area contributed by atoms with Crippen LogP contribution in [-0.4, -0.2) is 32.5 Å². The second kappa shape index (κ2) is 5.16. The SMILES string of the molecule is C=COCCC1COCCO1. The summed E-state index contributed by atoms with van der Waals surface area (Å²) in [4.78, 5) is 0. The molecular formula is C8H14O3. The van der Waals surface area contributed by atoms with E-state index in [2.05, 4.69) is 6.58 Å². The van der Waals surface area contributed by atoms with E-state index in [1.807, 2.05) is 0 Å². The Labute approximate surface area is 66.9 Å². The molecule has 0 saturated carbocycles. The molecule has 0 aromatic heterocycles. The van der Waals surface area contributed by atoms with E-state index in [9.17, 15) is 0 Å². The monoisotopic (exact) mass is 158 g/mol. The van der Waals surface area contributed by atoms with Gasteiger partial charge in [0.25, 0.3) is 0 Å². The van der Waals surface area contributed by atoms with Crippen molar-refractivity contribution in [1.82, 2.24) is 0 Å². The van der Waals surface area contributed by atoms with E-state index in [0.29, 0.717) is 19.8 Å². The topological polar surface area (TPSA) is 27.7 Å². The van der Waals surface area contributed by atoms with Gasteiger partial charge in [0.05, 0.1) is 38.8 Å². The number of hydrogen-bond acceptors (Lipinski definition) is 3. The minimum Gasteiger partial charge on any atom is -0.502 e. The van der Waals surface area contributed by atoms with Crippen molar-refractivity contribution in [2.75, 3.05) is 26.4 Å². The third-order valence-electron chi connectivity index (χ3n) is 1.56. The van der Waals surface area contributed by atoms with Gasteiger partial charge in [0.15, 0.2) is 0 Å². The first-order valence-electron chi connectivity index (χ1n) is 3.85. The Hall–Kier alpha value is -0.540. The lowest BCUT2D eigenvalue weighted by molar-refractivity contribution is -0.0947. The Kier molecular flexibility index (Phi) is 4.01. The summed E-state index contributed by atoms with van der Waals surface area (Å²) in [7, 11) is 0. The number of hydrogen-bond donors (Lipinski definition) is 0. The molecule has 1 saturated heterocycles. The van der Waals surface area contributed by atoms with Crippen LogP contribution in [0.3, 0.4) is 0 Å². The van der Waals surface area contributed by atoms with Gasteiger partial charge < -0.3 is 14.2 Å². The van der Waals surface area contributed by atoms with Crippen LogP contribution in [-0.2, 0) is 14.2 Å². The average molecular weight is 158 g/mol. The fourth-order valence-electron chi connectivity index (χ4n) is 0.986. The molecule has 64 valence electrons. The lowest BCUT2D eigenvalue weighted by Crippen LogP contribution is -2.29. The van der Waals surface area contributed by atoms with Crippen molar-refractivity contribution < 1.29 is 14.2 Å². The van der Waals surface area contributed by atoms with Gasteiger partial charge in [-0.05, 0) is 0 Å². The average Bonchev–Trinajstić information content (AvgIpc) is 2.07. The summed E-state index contributed by atoms with van der Waals surface area (Å²) in [5.41, 5.74) is 0. The highest BCUT2D eigenvalue weighted by Gasteiger charge is 2.13. The van der Waals surface area contributed by atoms with Crippen LogP contribution < -0.4 is 0 Å². The van der Waals surface area contributed by atoms with Gasteiger partial charge in [-0.1, -0.05) is 6.58 Å². The van der Waals surface area contributed by atoms with E-state index in [0.717, 1.165) is 13.0 Å². The van der Waals surface area contributed by atoms with Crippen molar-refractivity contribution in [3.8, 4) is 0 Å². The molecule has 0 amide bonds. The number of ether oxygens (including phenoxy) is 3. The van der Waals surface area contributed by atoms with Crippen LogP contribution in [0.4, 0.5) is 0 Å². The quantitative estimate of drug-likeness (QED) is 0.450. The summed E-state index contributed by atoms with van der Waals surface area (Å²) < 4.78 is 15.6. The van der Waals surface area contributed by atoms with E-state index < -0.39 is 0 Å². The van der Waals surface area contributed by atoms with E-state index in [4.69, 9.17) is 14.2 Å². The van der Waals surface area contributed by atoms with Crippen LogP contribution >= 0.6 is 0 Å². The van der Waals surface area contributed by atoms with Gasteiger partial charge in [-0.15, -0.1) is 0 Å². The van der Waals surface area contributed by atoms with Gasteiger partial charge in [0.2, 0.25) is 0 Å². The molecule has 0 aromatic carbocycles. The normalized spacial score (nSPS) is 24.5. The molecule has 0 radical (unpaired) electrons. The molecule has 0 aromatic rings. The Morgan fingerprint density at radius 3 is 3.09 bits per heavy atom. The van der Waals surface area contributed by atoms with Crippen molar-refractivity contribution in [1.29, 1.82) is 0 Å². The Morgan fingerprint density at radius 2 is 2.45 bits per heavy atom. The van der Waals surface area contributed by atoms with Crippen LogP contribution in [0, 0.1) is 0 Å². The van der Waals surface area contributed by atoms with E-state index in [1.54, 1.807) is 0 Å². The van der Waals surface area contributed by atoms with Gasteiger partial charge in [0.1, 0.15) is 0 Å². The Bertz CT molecular complexity index is 108. The maximum Gasteiger partial charge on any atom is 0.0898 e. The van der Waals surface area contributed by atoms with Gasteiger partial charge in [-0.25, -0.2) is 0 Å². The van der Waals surface area contributed by atoms with E-state index in [-0.39, 0.29) is 6.10 Å². The molecule has 0 aliphatic carbocycles. The maximum atomic E-state index is 5.39. The minimum absolute atomic E-state index is 0.212. The highest BCUT2D eigenvalue weighted by molar-refractivity contribution is 4.61. The first kappa shape index (κ1) is 8.56. The van der Waals surface area contributed by atoms with Crippen molar-refractivity contribution in [3.63, 3.8) is 0 Å². The first-order valence-corrected chi connectivity index (χ1v) is 3.85. The molecule has 1 atom stereocenters. The summed E-state index contributed by atoms with van der Waals surface area (Å²) in [6.07, 6.45) is 2.54. The smallest absolute Gasteiger partial charge is 0.0898 e. The van der Waals surface area contributed by atoms with Crippen LogP contribution in [0.2, 0.25) is 0 Å². The molecule has 1 aliphatic heterocycles. The van der Waals surface area contributed by atoms with Gasteiger partial charge in [-0.3, -0.25) is 0 Å². The molecule has 3 nitrogen and oxygen atoms in total. The zero-order chi connectivity index (χ0) is 7.94. The van der Waals surface area contributed by atoms with Crippen molar-refractivity contribution in [3.05, 3.63) is 12.8 Å². The van der Waals surface area contributed by atoms with Gasteiger partial charge in [0, 0.05) is 6.42 Å². The molecule has 0 bridgehead atoms. The van der Waals surface area contributed by atoms with Crippen LogP contribution in [0.25, 0.3) is 0 Å². The molecule has 0 spiro atoms. The van der Waals surface area contributed by atoms with E-state index in [1.165, 1.54) is 6.26 Å². The molecule has 1 aliphatic rings. The molecule has 1 unspecified atom stereocenters. The summed E-state index contributed by atoms with van der Waals surface area (Å²) >= 11 is 0. The van der Waals surface area contributed by atoms with E-state index >= 15 is 0 Å². The summed E-state index contributed by atoms with van der Waals surface area (Å²) in [6, 6.07) is 0.